The summed E-state index contributed by atoms with van der Waals surface area (Å²) in [7, 11) is 0. The summed E-state index contributed by atoms with van der Waals surface area (Å²) in [6.45, 7) is 8.50. The molecule has 6 heteroatoms. The summed E-state index contributed by atoms with van der Waals surface area (Å²) in [6, 6.07) is 14.8. The second kappa shape index (κ2) is 12.4. The fourth-order valence-corrected chi connectivity index (χ4v) is 4.75. The Bertz CT molecular complexity index is 978. The normalized spacial score (nSPS) is 15.3. The Labute approximate surface area is 215 Å². The van der Waals surface area contributed by atoms with E-state index in [4.69, 9.17) is 16.3 Å². The van der Waals surface area contributed by atoms with Crippen LogP contribution >= 0.6 is 11.6 Å². The molecule has 0 aliphatic heterocycles. The Kier molecular flexibility index (Phi) is 9.62. The number of ether oxygens (including phenoxy) is 1. The maximum Gasteiger partial charge on any atom is 0.261 e. The van der Waals surface area contributed by atoms with Gasteiger partial charge in [0.15, 0.2) is 6.61 Å². The first kappa shape index (κ1) is 27.1. The summed E-state index contributed by atoms with van der Waals surface area (Å²) in [5, 5.41) is 3.77. The summed E-state index contributed by atoms with van der Waals surface area (Å²) in [4.78, 5) is 28.3. The average Bonchev–Trinajstić information content (AvgIpc) is 2.84. The Hall–Kier alpha value is -2.53. The number of nitrogens with one attached hydrogen (secondary N) is 1. The molecule has 0 saturated heterocycles. The monoisotopic (exact) mass is 498 g/mol. The van der Waals surface area contributed by atoms with Crippen LogP contribution < -0.4 is 10.1 Å². The second-order valence-electron chi connectivity index (χ2n) is 10.4. The standard InChI is InChI=1S/C29H39ClN2O3/c1-5-26(28(34)31-23-12-7-6-8-13-23)32(19-21-11-9-10-14-25(21)30)27(33)20-35-24-17-15-22(16-18-24)29(2,3)4/h9-11,14-18,23,26H,5-8,12-13,19-20H2,1-4H3,(H,31,34)/t26-/m1/s1. The number of rotatable bonds is 9. The lowest BCUT2D eigenvalue weighted by Gasteiger charge is -2.33. The molecule has 1 N–H and O–H groups in total. The van der Waals surface area contributed by atoms with Gasteiger partial charge in [-0.15, -0.1) is 0 Å². The van der Waals surface area contributed by atoms with E-state index in [2.05, 4.69) is 26.1 Å². The lowest BCUT2D eigenvalue weighted by Crippen LogP contribution is -2.52. The van der Waals surface area contributed by atoms with Gasteiger partial charge in [-0.05, 0) is 54.0 Å². The van der Waals surface area contributed by atoms with Crippen molar-refractivity contribution in [3.63, 3.8) is 0 Å². The van der Waals surface area contributed by atoms with Gasteiger partial charge in [-0.1, -0.05) is 88.9 Å². The molecule has 0 spiro atoms. The third-order valence-corrected chi connectivity index (χ3v) is 7.09. The maximum atomic E-state index is 13.4. The Balaban J connectivity index is 1.75. The molecule has 1 fully saturated rings. The van der Waals surface area contributed by atoms with Crippen LogP contribution in [0.1, 0.15) is 77.3 Å². The lowest BCUT2D eigenvalue weighted by molar-refractivity contribution is -0.143. The number of hydrogen-bond donors (Lipinski definition) is 1. The number of amides is 2. The molecule has 2 aromatic carbocycles. The number of nitrogens with zero attached hydrogens (tertiary/aromatic N) is 1. The third kappa shape index (κ3) is 7.73. The van der Waals surface area contributed by atoms with E-state index >= 15 is 0 Å². The SMILES string of the molecule is CC[C@H](C(=O)NC1CCCCC1)N(Cc1ccccc1Cl)C(=O)COc1ccc(C(C)(C)C)cc1. The predicted molar refractivity (Wildman–Crippen MR) is 142 cm³/mol. The lowest BCUT2D eigenvalue weighted by atomic mass is 9.87. The van der Waals surface area contributed by atoms with Gasteiger partial charge >= 0.3 is 0 Å². The van der Waals surface area contributed by atoms with Crippen LogP contribution in [0.15, 0.2) is 48.5 Å². The van der Waals surface area contributed by atoms with E-state index in [0.29, 0.717) is 17.2 Å². The van der Waals surface area contributed by atoms with Gasteiger partial charge in [0, 0.05) is 17.6 Å². The first-order chi connectivity index (χ1) is 16.7. The molecule has 1 atom stereocenters. The minimum atomic E-state index is -0.590. The highest BCUT2D eigenvalue weighted by atomic mass is 35.5. The first-order valence-electron chi connectivity index (χ1n) is 12.8. The molecular weight excluding hydrogens is 460 g/mol. The van der Waals surface area contributed by atoms with Crippen LogP contribution in [-0.2, 0) is 21.5 Å². The van der Waals surface area contributed by atoms with E-state index in [1.54, 1.807) is 11.0 Å². The highest BCUT2D eigenvalue weighted by molar-refractivity contribution is 6.31. The van der Waals surface area contributed by atoms with E-state index in [9.17, 15) is 9.59 Å². The zero-order valence-electron chi connectivity index (χ0n) is 21.5. The first-order valence-corrected chi connectivity index (χ1v) is 13.1. The Morgan fingerprint density at radius 3 is 2.31 bits per heavy atom. The molecule has 0 unspecified atom stereocenters. The van der Waals surface area contributed by atoms with Crippen molar-refractivity contribution in [3.8, 4) is 5.75 Å². The van der Waals surface area contributed by atoms with Crippen LogP contribution in [0, 0.1) is 0 Å². The summed E-state index contributed by atoms with van der Waals surface area (Å²) >= 11 is 6.41. The van der Waals surface area contributed by atoms with Gasteiger partial charge in [0.1, 0.15) is 11.8 Å². The van der Waals surface area contributed by atoms with Crippen LogP contribution in [0.3, 0.4) is 0 Å². The van der Waals surface area contributed by atoms with Crippen LogP contribution in [0.2, 0.25) is 5.02 Å². The summed E-state index contributed by atoms with van der Waals surface area (Å²) in [5.41, 5.74) is 2.04. The number of benzene rings is 2. The summed E-state index contributed by atoms with van der Waals surface area (Å²) in [6.07, 6.45) is 5.98. The minimum absolute atomic E-state index is 0.0418. The molecule has 2 amide bonds. The highest BCUT2D eigenvalue weighted by Gasteiger charge is 2.31. The molecule has 5 nitrogen and oxygen atoms in total. The van der Waals surface area contributed by atoms with Gasteiger partial charge in [0.05, 0.1) is 0 Å². The van der Waals surface area contributed by atoms with E-state index in [-0.39, 0.29) is 36.4 Å². The van der Waals surface area contributed by atoms with Crippen molar-refractivity contribution in [3.05, 3.63) is 64.7 Å². The van der Waals surface area contributed by atoms with Crippen molar-refractivity contribution < 1.29 is 14.3 Å². The maximum absolute atomic E-state index is 13.4. The average molecular weight is 499 g/mol. The molecule has 190 valence electrons. The fraction of sp³-hybridized carbons (Fsp3) is 0.517. The largest absolute Gasteiger partial charge is 0.484 e. The van der Waals surface area contributed by atoms with E-state index in [1.807, 2.05) is 49.4 Å². The van der Waals surface area contributed by atoms with Gasteiger partial charge in [0.2, 0.25) is 5.91 Å². The summed E-state index contributed by atoms with van der Waals surface area (Å²) in [5.74, 6) is 0.286. The number of carbonyl (C=O) groups excluding carboxylic acids is 2. The molecule has 1 aliphatic rings. The summed E-state index contributed by atoms with van der Waals surface area (Å²) < 4.78 is 5.85. The van der Waals surface area contributed by atoms with Crippen molar-refractivity contribution in [2.75, 3.05) is 6.61 Å². The second-order valence-corrected chi connectivity index (χ2v) is 10.9. The zero-order chi connectivity index (χ0) is 25.4. The molecular formula is C29H39ClN2O3. The number of halogens is 1. The van der Waals surface area contributed by atoms with Crippen molar-refractivity contribution in [1.82, 2.24) is 10.2 Å². The van der Waals surface area contributed by atoms with Gasteiger partial charge < -0.3 is 15.0 Å². The van der Waals surface area contributed by atoms with Gasteiger partial charge in [0.25, 0.3) is 5.91 Å². The molecule has 1 aliphatic carbocycles. The fourth-order valence-electron chi connectivity index (χ4n) is 4.55. The molecule has 3 rings (SSSR count). The van der Waals surface area contributed by atoms with E-state index in [0.717, 1.165) is 31.2 Å². The molecule has 0 heterocycles. The van der Waals surface area contributed by atoms with Crippen LogP contribution in [-0.4, -0.2) is 35.4 Å². The Morgan fingerprint density at radius 2 is 1.71 bits per heavy atom. The molecule has 35 heavy (non-hydrogen) atoms. The zero-order valence-corrected chi connectivity index (χ0v) is 22.2. The third-order valence-electron chi connectivity index (χ3n) is 6.72. The van der Waals surface area contributed by atoms with Crippen molar-refractivity contribution in [2.45, 2.75) is 90.3 Å². The quantitative estimate of drug-likeness (QED) is 0.443. The van der Waals surface area contributed by atoms with Crippen LogP contribution in [0.4, 0.5) is 0 Å². The Morgan fingerprint density at radius 1 is 1.06 bits per heavy atom. The molecule has 0 aromatic heterocycles. The molecule has 0 bridgehead atoms. The molecule has 2 aromatic rings. The van der Waals surface area contributed by atoms with Crippen molar-refractivity contribution in [2.24, 2.45) is 0 Å². The number of hydrogen-bond acceptors (Lipinski definition) is 3. The highest BCUT2D eigenvalue weighted by Crippen LogP contribution is 2.25. The topological polar surface area (TPSA) is 58.6 Å². The van der Waals surface area contributed by atoms with E-state index in [1.165, 1.54) is 12.0 Å². The van der Waals surface area contributed by atoms with Crippen molar-refractivity contribution >= 4 is 23.4 Å². The van der Waals surface area contributed by atoms with Gasteiger partial charge in [-0.2, -0.15) is 0 Å². The van der Waals surface area contributed by atoms with Crippen LogP contribution in [0.5, 0.6) is 5.75 Å². The van der Waals surface area contributed by atoms with Gasteiger partial charge in [-0.25, -0.2) is 0 Å². The number of carbonyl (C=O) groups is 2. The minimum Gasteiger partial charge on any atom is -0.484 e. The van der Waals surface area contributed by atoms with E-state index < -0.39 is 6.04 Å². The smallest absolute Gasteiger partial charge is 0.261 e. The predicted octanol–water partition coefficient (Wildman–Crippen LogP) is 6.27. The molecule has 0 radical (unpaired) electrons. The molecule has 1 saturated carbocycles. The van der Waals surface area contributed by atoms with Crippen LogP contribution in [0.25, 0.3) is 0 Å². The van der Waals surface area contributed by atoms with Crippen molar-refractivity contribution in [1.29, 1.82) is 0 Å². The van der Waals surface area contributed by atoms with Gasteiger partial charge in [-0.3, -0.25) is 9.59 Å².